The molecule has 0 radical (unpaired) electrons. The zero-order chi connectivity index (χ0) is 21.1. The monoisotopic (exact) mass is 441 g/mol. The first kappa shape index (κ1) is 23.7. The number of sulfonamides is 1. The van der Waals surface area contributed by atoms with Crippen LogP contribution in [0.1, 0.15) is 58.3 Å². The minimum Gasteiger partial charge on any atom is -0.377 e. The zero-order valence-electron chi connectivity index (χ0n) is 16.9. The summed E-state index contributed by atoms with van der Waals surface area (Å²) in [4.78, 5) is 12.1. The van der Waals surface area contributed by atoms with Gasteiger partial charge in [0.2, 0.25) is 15.9 Å². The molecule has 1 aromatic rings. The predicted molar refractivity (Wildman–Crippen MR) is 118 cm³/mol. The van der Waals surface area contributed by atoms with E-state index < -0.39 is 10.0 Å². The lowest BCUT2D eigenvalue weighted by molar-refractivity contribution is -0.119. The Labute approximate surface area is 179 Å². The Morgan fingerprint density at radius 1 is 1.17 bits per heavy atom. The van der Waals surface area contributed by atoms with Gasteiger partial charge in [-0.25, -0.2) is 13.1 Å². The summed E-state index contributed by atoms with van der Waals surface area (Å²) in [6, 6.07) is 6.23. The van der Waals surface area contributed by atoms with Crippen LogP contribution in [0.5, 0.6) is 0 Å². The van der Waals surface area contributed by atoms with Crippen LogP contribution >= 0.6 is 12.2 Å². The first-order valence-corrected chi connectivity index (χ1v) is 12.1. The van der Waals surface area contributed by atoms with Crippen molar-refractivity contribution in [2.24, 2.45) is 0 Å². The molecule has 0 bridgehead atoms. The van der Waals surface area contributed by atoms with E-state index >= 15 is 0 Å². The molecule has 2 rings (SSSR count). The molecule has 29 heavy (non-hydrogen) atoms. The average molecular weight is 442 g/mol. The molecule has 1 fully saturated rings. The first-order chi connectivity index (χ1) is 13.9. The normalized spacial score (nSPS) is 16.5. The van der Waals surface area contributed by atoms with Gasteiger partial charge in [-0.05, 0) is 55.7 Å². The van der Waals surface area contributed by atoms with Crippen molar-refractivity contribution in [3.05, 3.63) is 24.3 Å². The Morgan fingerprint density at radius 2 is 1.90 bits per heavy atom. The third kappa shape index (κ3) is 8.77. The number of amides is 1. The zero-order valence-corrected chi connectivity index (χ0v) is 18.5. The molecule has 1 aliphatic rings. The number of rotatable bonds is 11. The van der Waals surface area contributed by atoms with E-state index in [1.165, 1.54) is 25.0 Å². The van der Waals surface area contributed by atoms with Crippen LogP contribution in [-0.2, 0) is 19.6 Å². The summed E-state index contributed by atoms with van der Waals surface area (Å²) in [6.07, 6.45) is 7.61. The van der Waals surface area contributed by atoms with Crippen LogP contribution in [0.3, 0.4) is 0 Å². The molecule has 0 aliphatic carbocycles. The van der Waals surface area contributed by atoms with Gasteiger partial charge < -0.3 is 15.4 Å². The smallest absolute Gasteiger partial charge is 0.240 e. The molecular weight excluding hydrogens is 410 g/mol. The van der Waals surface area contributed by atoms with E-state index in [1.807, 2.05) is 0 Å². The van der Waals surface area contributed by atoms with Gasteiger partial charge in [-0.15, -0.1) is 0 Å². The maximum Gasteiger partial charge on any atom is 0.240 e. The van der Waals surface area contributed by atoms with Crippen LogP contribution in [-0.4, -0.2) is 38.7 Å². The Hall–Kier alpha value is -1.55. The quantitative estimate of drug-likeness (QED) is 0.360. The highest BCUT2D eigenvalue weighted by molar-refractivity contribution is 7.89. The number of carbonyl (C=O) groups excluding carboxylic acids is 1. The summed E-state index contributed by atoms with van der Waals surface area (Å²) < 4.78 is 32.7. The minimum atomic E-state index is -3.59. The van der Waals surface area contributed by atoms with Gasteiger partial charge in [0.15, 0.2) is 5.11 Å². The van der Waals surface area contributed by atoms with Gasteiger partial charge in [-0.2, -0.15) is 0 Å². The van der Waals surface area contributed by atoms with Crippen molar-refractivity contribution < 1.29 is 17.9 Å². The van der Waals surface area contributed by atoms with Crippen LogP contribution in [0.2, 0.25) is 0 Å². The highest BCUT2D eigenvalue weighted by Gasteiger charge is 2.20. The second kappa shape index (κ2) is 12.2. The summed E-state index contributed by atoms with van der Waals surface area (Å²) in [6.45, 7) is 3.11. The standard InChI is InChI=1S/C20H31N3O4S2/c1-2-3-4-5-6-9-19(24)23-20(28)22-16-10-12-18(13-11-16)29(25,26)21-15-17-8-7-14-27-17/h10-13,17,21H,2-9,14-15H2,1H3,(H2,22,23,24,28). The molecule has 3 N–H and O–H groups in total. The van der Waals surface area contributed by atoms with Crippen molar-refractivity contribution in [3.8, 4) is 0 Å². The van der Waals surface area contributed by atoms with Gasteiger partial charge in [0, 0.05) is 25.3 Å². The summed E-state index contributed by atoms with van der Waals surface area (Å²) in [7, 11) is -3.59. The third-order valence-electron chi connectivity index (χ3n) is 4.71. The molecule has 162 valence electrons. The molecule has 7 nitrogen and oxygen atoms in total. The molecule has 9 heteroatoms. The predicted octanol–water partition coefficient (Wildman–Crippen LogP) is 3.32. The maximum atomic E-state index is 12.4. The largest absolute Gasteiger partial charge is 0.377 e. The third-order valence-corrected chi connectivity index (χ3v) is 6.35. The molecule has 1 atom stereocenters. The van der Waals surface area contributed by atoms with Crippen LogP contribution in [0.25, 0.3) is 0 Å². The number of carbonyl (C=O) groups is 1. The van der Waals surface area contributed by atoms with E-state index in [0.29, 0.717) is 18.7 Å². The Kier molecular flexibility index (Phi) is 9.99. The van der Waals surface area contributed by atoms with E-state index in [4.69, 9.17) is 17.0 Å². The van der Waals surface area contributed by atoms with Gasteiger partial charge in [0.1, 0.15) is 0 Å². The molecule has 1 saturated heterocycles. The lowest BCUT2D eigenvalue weighted by atomic mass is 10.1. The molecule has 1 unspecified atom stereocenters. The summed E-state index contributed by atoms with van der Waals surface area (Å²) >= 11 is 5.15. The summed E-state index contributed by atoms with van der Waals surface area (Å²) in [5.41, 5.74) is 0.608. The molecule has 1 aromatic carbocycles. The van der Waals surface area contributed by atoms with Crippen molar-refractivity contribution >= 4 is 38.9 Å². The number of anilines is 1. The van der Waals surface area contributed by atoms with E-state index in [1.54, 1.807) is 12.1 Å². The molecular formula is C20H31N3O4S2. The summed E-state index contributed by atoms with van der Waals surface area (Å²) in [5.74, 6) is -0.114. The Morgan fingerprint density at radius 3 is 2.55 bits per heavy atom. The SMILES string of the molecule is CCCCCCCC(=O)NC(=S)Nc1ccc(S(=O)(=O)NCC2CCCO2)cc1. The number of unbranched alkanes of at least 4 members (excludes halogenated alkanes) is 4. The van der Waals surface area contributed by atoms with E-state index in [0.717, 1.165) is 32.1 Å². The number of hydrogen-bond donors (Lipinski definition) is 3. The summed E-state index contributed by atoms with van der Waals surface area (Å²) in [5, 5.41) is 5.76. The van der Waals surface area contributed by atoms with Gasteiger partial charge in [-0.3, -0.25) is 4.79 Å². The van der Waals surface area contributed by atoms with Crippen molar-refractivity contribution in [2.45, 2.75) is 69.3 Å². The molecule has 0 saturated carbocycles. The second-order valence-electron chi connectivity index (χ2n) is 7.18. The molecule has 1 amide bonds. The van der Waals surface area contributed by atoms with E-state index in [-0.39, 0.29) is 28.6 Å². The number of ether oxygens (including phenoxy) is 1. The van der Waals surface area contributed by atoms with Crippen LogP contribution < -0.4 is 15.4 Å². The fraction of sp³-hybridized carbons (Fsp3) is 0.600. The highest BCUT2D eigenvalue weighted by atomic mass is 32.2. The first-order valence-electron chi connectivity index (χ1n) is 10.2. The fourth-order valence-electron chi connectivity index (χ4n) is 3.05. The number of hydrogen-bond acceptors (Lipinski definition) is 5. The topological polar surface area (TPSA) is 96.5 Å². The van der Waals surface area contributed by atoms with Crippen LogP contribution in [0, 0.1) is 0 Å². The van der Waals surface area contributed by atoms with E-state index in [9.17, 15) is 13.2 Å². The molecule has 0 aromatic heterocycles. The van der Waals surface area contributed by atoms with Crippen molar-refractivity contribution in [1.29, 1.82) is 0 Å². The Balaban J connectivity index is 1.75. The lowest BCUT2D eigenvalue weighted by Gasteiger charge is -2.12. The Bertz CT molecular complexity index is 760. The molecule has 0 spiro atoms. The van der Waals surface area contributed by atoms with Crippen LogP contribution in [0.15, 0.2) is 29.2 Å². The van der Waals surface area contributed by atoms with Gasteiger partial charge in [-0.1, -0.05) is 32.6 Å². The molecule has 1 aliphatic heterocycles. The van der Waals surface area contributed by atoms with Gasteiger partial charge in [0.05, 0.1) is 11.0 Å². The lowest BCUT2D eigenvalue weighted by Crippen LogP contribution is -2.34. The van der Waals surface area contributed by atoms with Crippen molar-refractivity contribution in [3.63, 3.8) is 0 Å². The van der Waals surface area contributed by atoms with Crippen LogP contribution in [0.4, 0.5) is 5.69 Å². The average Bonchev–Trinajstić information content (AvgIpc) is 3.20. The van der Waals surface area contributed by atoms with Crippen molar-refractivity contribution in [2.75, 3.05) is 18.5 Å². The van der Waals surface area contributed by atoms with Gasteiger partial charge >= 0.3 is 0 Å². The van der Waals surface area contributed by atoms with Crippen molar-refractivity contribution in [1.82, 2.24) is 10.0 Å². The fourth-order valence-corrected chi connectivity index (χ4v) is 4.35. The van der Waals surface area contributed by atoms with Gasteiger partial charge in [0.25, 0.3) is 0 Å². The minimum absolute atomic E-state index is 0.0571. The number of nitrogens with one attached hydrogen (secondary N) is 3. The van der Waals surface area contributed by atoms with E-state index in [2.05, 4.69) is 22.3 Å². The highest BCUT2D eigenvalue weighted by Crippen LogP contribution is 2.16. The number of thiocarbonyl (C=S) groups is 1. The second-order valence-corrected chi connectivity index (χ2v) is 9.35. The number of benzene rings is 1. The molecule has 1 heterocycles. The maximum absolute atomic E-state index is 12.4.